The molecule has 0 unspecified atom stereocenters. The van der Waals surface area contributed by atoms with Gasteiger partial charge < -0.3 is 14.8 Å². The van der Waals surface area contributed by atoms with E-state index in [4.69, 9.17) is 44.3 Å². The van der Waals surface area contributed by atoms with Crippen molar-refractivity contribution < 1.29 is 9.47 Å². The Balaban J connectivity index is 1.76. The average molecular weight is 465 g/mol. The molecule has 0 saturated carbocycles. The molecule has 3 aromatic rings. The summed E-state index contributed by atoms with van der Waals surface area (Å²) in [5.41, 5.74) is 5.31. The topological polar surface area (TPSA) is 30.5 Å². The van der Waals surface area contributed by atoms with Crippen LogP contribution in [0.5, 0.6) is 11.5 Å². The summed E-state index contributed by atoms with van der Waals surface area (Å²) in [6.45, 7) is 7.50. The van der Waals surface area contributed by atoms with Gasteiger partial charge in [0.1, 0.15) is 6.61 Å². The molecule has 0 saturated heterocycles. The van der Waals surface area contributed by atoms with Crippen molar-refractivity contribution in [2.45, 2.75) is 33.9 Å². The Morgan fingerprint density at radius 2 is 1.50 bits per heavy atom. The standard InChI is InChI=1S/C24H24Cl3NO2/c1-4-29-23-10-18(13-28-20-8-5-15(2)16(3)9-20)22(27)12-24(23)30-14-17-6-7-19(25)11-21(17)26/h5-12,28H,4,13-14H2,1-3H3. The molecule has 0 aromatic heterocycles. The summed E-state index contributed by atoms with van der Waals surface area (Å²) in [6, 6.07) is 15.3. The quantitative estimate of drug-likeness (QED) is 0.368. The fourth-order valence-electron chi connectivity index (χ4n) is 2.94. The highest BCUT2D eigenvalue weighted by Crippen LogP contribution is 2.35. The van der Waals surface area contributed by atoms with Crippen LogP contribution in [-0.2, 0) is 13.2 Å². The van der Waals surface area contributed by atoms with Gasteiger partial charge in [0, 0.05) is 38.9 Å². The minimum atomic E-state index is 0.284. The Kier molecular flexibility index (Phi) is 7.76. The van der Waals surface area contributed by atoms with Crippen molar-refractivity contribution in [2.75, 3.05) is 11.9 Å². The highest BCUT2D eigenvalue weighted by molar-refractivity contribution is 6.35. The first kappa shape index (κ1) is 22.6. The molecule has 3 aromatic carbocycles. The molecular formula is C24H24Cl3NO2. The molecule has 0 aliphatic rings. The first-order valence-corrected chi connectivity index (χ1v) is 10.8. The van der Waals surface area contributed by atoms with Crippen LogP contribution >= 0.6 is 34.8 Å². The lowest BCUT2D eigenvalue weighted by Crippen LogP contribution is -2.04. The summed E-state index contributed by atoms with van der Waals surface area (Å²) in [5.74, 6) is 1.21. The summed E-state index contributed by atoms with van der Waals surface area (Å²) in [5, 5.41) is 5.16. The number of hydrogen-bond donors (Lipinski definition) is 1. The summed E-state index contributed by atoms with van der Waals surface area (Å²) in [6.07, 6.45) is 0. The predicted octanol–water partition coefficient (Wildman–Crippen LogP) is 7.85. The Morgan fingerprint density at radius 1 is 0.767 bits per heavy atom. The highest BCUT2D eigenvalue weighted by atomic mass is 35.5. The van der Waals surface area contributed by atoms with Crippen molar-refractivity contribution in [1.29, 1.82) is 0 Å². The number of ether oxygens (including phenoxy) is 2. The highest BCUT2D eigenvalue weighted by Gasteiger charge is 2.13. The van der Waals surface area contributed by atoms with E-state index in [2.05, 4.69) is 37.4 Å². The van der Waals surface area contributed by atoms with Crippen molar-refractivity contribution in [3.05, 3.63) is 85.9 Å². The van der Waals surface area contributed by atoms with Crippen LogP contribution in [0.4, 0.5) is 5.69 Å². The van der Waals surface area contributed by atoms with Crippen LogP contribution < -0.4 is 14.8 Å². The first-order chi connectivity index (χ1) is 14.4. The molecule has 0 radical (unpaired) electrons. The average Bonchev–Trinajstić information content (AvgIpc) is 2.70. The molecule has 0 aliphatic heterocycles. The Labute approximate surface area is 192 Å². The first-order valence-electron chi connectivity index (χ1n) is 9.70. The molecule has 3 nitrogen and oxygen atoms in total. The van der Waals surface area contributed by atoms with Gasteiger partial charge in [0.05, 0.1) is 6.61 Å². The zero-order chi connectivity index (χ0) is 21.7. The van der Waals surface area contributed by atoms with Crippen molar-refractivity contribution in [3.63, 3.8) is 0 Å². The second-order valence-electron chi connectivity index (χ2n) is 7.00. The second kappa shape index (κ2) is 10.3. The van der Waals surface area contributed by atoms with Gasteiger partial charge in [0.25, 0.3) is 0 Å². The van der Waals surface area contributed by atoms with E-state index in [1.165, 1.54) is 11.1 Å². The van der Waals surface area contributed by atoms with Crippen molar-refractivity contribution in [3.8, 4) is 11.5 Å². The minimum Gasteiger partial charge on any atom is -0.490 e. The van der Waals surface area contributed by atoms with Gasteiger partial charge in [0.15, 0.2) is 11.5 Å². The lowest BCUT2D eigenvalue weighted by molar-refractivity contribution is 0.269. The summed E-state index contributed by atoms with van der Waals surface area (Å²) >= 11 is 18.7. The van der Waals surface area contributed by atoms with Crippen molar-refractivity contribution >= 4 is 40.5 Å². The number of halogens is 3. The fraction of sp³-hybridized carbons (Fsp3) is 0.250. The molecule has 158 valence electrons. The van der Waals surface area contributed by atoms with Crippen molar-refractivity contribution in [1.82, 2.24) is 0 Å². The SMILES string of the molecule is CCOc1cc(CNc2ccc(C)c(C)c2)c(Cl)cc1OCc1ccc(Cl)cc1Cl. The van der Waals surface area contributed by atoms with Gasteiger partial charge in [-0.1, -0.05) is 46.9 Å². The van der Waals surface area contributed by atoms with E-state index in [1.54, 1.807) is 18.2 Å². The van der Waals surface area contributed by atoms with Crippen LogP contribution in [0.15, 0.2) is 48.5 Å². The molecule has 0 bridgehead atoms. The Morgan fingerprint density at radius 3 is 2.20 bits per heavy atom. The van der Waals surface area contributed by atoms with Gasteiger partial charge in [-0.05, 0) is 67.8 Å². The van der Waals surface area contributed by atoms with Gasteiger partial charge in [-0.25, -0.2) is 0 Å². The normalized spacial score (nSPS) is 10.7. The largest absolute Gasteiger partial charge is 0.490 e. The van der Waals surface area contributed by atoms with Gasteiger partial charge in [-0.2, -0.15) is 0 Å². The summed E-state index contributed by atoms with van der Waals surface area (Å²) in [4.78, 5) is 0. The van der Waals surface area contributed by atoms with Gasteiger partial charge in [-0.3, -0.25) is 0 Å². The molecule has 0 atom stereocenters. The third-order valence-corrected chi connectivity index (χ3v) is 5.74. The number of rotatable bonds is 8. The van der Waals surface area contributed by atoms with Crippen molar-refractivity contribution in [2.24, 2.45) is 0 Å². The Hall–Kier alpha value is -2.07. The lowest BCUT2D eigenvalue weighted by atomic mass is 10.1. The van der Waals surface area contributed by atoms with Gasteiger partial charge >= 0.3 is 0 Å². The number of anilines is 1. The molecular weight excluding hydrogens is 441 g/mol. The van der Waals surface area contributed by atoms with Crippen LogP contribution in [0.2, 0.25) is 15.1 Å². The summed E-state index contributed by atoms with van der Waals surface area (Å²) in [7, 11) is 0. The predicted molar refractivity (Wildman–Crippen MR) is 127 cm³/mol. The second-order valence-corrected chi connectivity index (χ2v) is 8.25. The van der Waals surface area contributed by atoms with Crippen LogP contribution in [0.3, 0.4) is 0 Å². The zero-order valence-corrected chi connectivity index (χ0v) is 19.5. The Bertz CT molecular complexity index is 1040. The molecule has 1 N–H and O–H groups in total. The van der Waals surface area contributed by atoms with E-state index in [0.717, 1.165) is 16.8 Å². The molecule has 30 heavy (non-hydrogen) atoms. The summed E-state index contributed by atoms with van der Waals surface area (Å²) < 4.78 is 11.8. The lowest BCUT2D eigenvalue weighted by Gasteiger charge is -2.16. The maximum Gasteiger partial charge on any atom is 0.163 e. The minimum absolute atomic E-state index is 0.284. The van der Waals surface area contributed by atoms with E-state index < -0.39 is 0 Å². The molecule has 0 heterocycles. The van der Waals surface area contributed by atoms with E-state index >= 15 is 0 Å². The molecule has 6 heteroatoms. The third kappa shape index (κ3) is 5.75. The molecule has 0 amide bonds. The third-order valence-electron chi connectivity index (χ3n) is 4.80. The van der Waals surface area contributed by atoms with E-state index in [0.29, 0.717) is 39.7 Å². The molecule has 0 aliphatic carbocycles. The smallest absolute Gasteiger partial charge is 0.163 e. The molecule has 3 rings (SSSR count). The molecule has 0 spiro atoms. The van der Waals surface area contributed by atoms with Gasteiger partial charge in [0.2, 0.25) is 0 Å². The number of benzene rings is 3. The monoisotopic (exact) mass is 463 g/mol. The van der Waals surface area contributed by atoms with E-state index in [9.17, 15) is 0 Å². The zero-order valence-electron chi connectivity index (χ0n) is 17.2. The number of hydrogen-bond acceptors (Lipinski definition) is 3. The number of nitrogens with one attached hydrogen (secondary N) is 1. The van der Waals surface area contributed by atoms with E-state index in [1.807, 2.05) is 19.1 Å². The van der Waals surface area contributed by atoms with Crippen LogP contribution in [-0.4, -0.2) is 6.61 Å². The van der Waals surface area contributed by atoms with Crippen LogP contribution in [0.1, 0.15) is 29.2 Å². The van der Waals surface area contributed by atoms with E-state index in [-0.39, 0.29) is 6.61 Å². The fourth-order valence-corrected chi connectivity index (χ4v) is 3.62. The maximum atomic E-state index is 6.54. The molecule has 0 fully saturated rings. The van der Waals surface area contributed by atoms with Crippen LogP contribution in [0.25, 0.3) is 0 Å². The number of aryl methyl sites for hydroxylation is 2. The maximum absolute atomic E-state index is 6.54. The van der Waals surface area contributed by atoms with Crippen LogP contribution in [0, 0.1) is 13.8 Å². The van der Waals surface area contributed by atoms with Gasteiger partial charge in [-0.15, -0.1) is 0 Å².